The predicted molar refractivity (Wildman–Crippen MR) is 109 cm³/mol. The monoisotopic (exact) mass is 366 g/mol. The van der Waals surface area contributed by atoms with Gasteiger partial charge in [-0.25, -0.2) is 4.98 Å². The molecule has 136 valence electrons. The normalized spacial score (nSPS) is 17.5. The molecule has 0 N–H and O–H groups in total. The van der Waals surface area contributed by atoms with E-state index < -0.39 is 0 Å². The predicted octanol–water partition coefficient (Wildman–Crippen LogP) is 4.93. The van der Waals surface area contributed by atoms with Gasteiger partial charge >= 0.3 is 0 Å². The average Bonchev–Trinajstić information content (AvgIpc) is 2.95. The molecule has 2 heterocycles. The molecule has 0 bridgehead atoms. The van der Waals surface area contributed by atoms with Crippen LogP contribution in [-0.2, 0) is 24.8 Å². The van der Waals surface area contributed by atoms with Gasteiger partial charge in [0.15, 0.2) is 0 Å². The van der Waals surface area contributed by atoms with Crippen LogP contribution >= 0.6 is 11.3 Å². The Balaban J connectivity index is 1.69. The zero-order chi connectivity index (χ0) is 18.5. The number of rotatable bonds is 2. The van der Waals surface area contributed by atoms with E-state index in [-0.39, 0.29) is 11.0 Å². The lowest BCUT2D eigenvalue weighted by molar-refractivity contribution is 0.509. The maximum Gasteiger partial charge on any atom is 0.262 e. The second kappa shape index (κ2) is 6.34. The molecule has 1 aliphatic rings. The molecule has 0 spiro atoms. The zero-order valence-electron chi connectivity index (χ0n) is 16.0. The Labute approximate surface area is 158 Å². The Hall–Kier alpha value is -1.94. The third-order valence-electron chi connectivity index (χ3n) is 5.46. The first-order chi connectivity index (χ1) is 12.3. The molecule has 2 aromatic heterocycles. The second-order valence-electron chi connectivity index (χ2n) is 8.66. The minimum absolute atomic E-state index is 0.113. The minimum atomic E-state index is 0.113. The summed E-state index contributed by atoms with van der Waals surface area (Å²) in [4.78, 5) is 20.0. The summed E-state index contributed by atoms with van der Waals surface area (Å²) in [7, 11) is 0. The van der Waals surface area contributed by atoms with Gasteiger partial charge in [0, 0.05) is 4.88 Å². The summed E-state index contributed by atoms with van der Waals surface area (Å²) in [6.45, 7) is 9.51. The van der Waals surface area contributed by atoms with Gasteiger partial charge in [-0.3, -0.25) is 9.36 Å². The van der Waals surface area contributed by atoms with Crippen LogP contribution in [0.1, 0.15) is 55.7 Å². The number of nitrogens with zero attached hydrogens (tertiary/aromatic N) is 2. The highest BCUT2D eigenvalue weighted by Crippen LogP contribution is 2.35. The number of aromatic nitrogens is 2. The SMILES string of the molecule is CC1CCc2c(sc3ncn(Cc4ccc(C(C)(C)C)cc4)c(=O)c23)C1. The summed E-state index contributed by atoms with van der Waals surface area (Å²) < 4.78 is 1.76. The summed E-state index contributed by atoms with van der Waals surface area (Å²) in [5.41, 5.74) is 3.96. The van der Waals surface area contributed by atoms with Crippen LogP contribution in [0.4, 0.5) is 0 Å². The molecule has 0 saturated heterocycles. The van der Waals surface area contributed by atoms with Crippen LogP contribution < -0.4 is 5.56 Å². The molecule has 3 aromatic rings. The largest absolute Gasteiger partial charge is 0.294 e. The number of hydrogen-bond acceptors (Lipinski definition) is 3. The lowest BCUT2D eigenvalue weighted by Crippen LogP contribution is -2.22. The lowest BCUT2D eigenvalue weighted by atomic mass is 9.87. The van der Waals surface area contributed by atoms with Gasteiger partial charge in [-0.1, -0.05) is 52.0 Å². The number of aryl methyl sites for hydroxylation is 1. The van der Waals surface area contributed by atoms with Crippen molar-refractivity contribution < 1.29 is 0 Å². The molecule has 1 atom stereocenters. The first kappa shape index (κ1) is 17.5. The molecule has 26 heavy (non-hydrogen) atoms. The number of thiophene rings is 1. The number of hydrogen-bond donors (Lipinski definition) is 0. The highest BCUT2D eigenvalue weighted by atomic mass is 32.1. The van der Waals surface area contributed by atoms with Crippen LogP contribution in [0.3, 0.4) is 0 Å². The molecule has 1 unspecified atom stereocenters. The van der Waals surface area contributed by atoms with Crippen LogP contribution in [0.25, 0.3) is 10.2 Å². The fourth-order valence-corrected chi connectivity index (χ4v) is 5.13. The molecular weight excluding hydrogens is 340 g/mol. The van der Waals surface area contributed by atoms with E-state index >= 15 is 0 Å². The smallest absolute Gasteiger partial charge is 0.262 e. The topological polar surface area (TPSA) is 34.9 Å². The highest BCUT2D eigenvalue weighted by Gasteiger charge is 2.23. The Bertz CT molecular complexity index is 1010. The van der Waals surface area contributed by atoms with Crippen LogP contribution in [0.2, 0.25) is 0 Å². The van der Waals surface area contributed by atoms with Crippen LogP contribution in [0.15, 0.2) is 35.4 Å². The van der Waals surface area contributed by atoms with Crippen LogP contribution in [-0.4, -0.2) is 9.55 Å². The van der Waals surface area contributed by atoms with E-state index in [4.69, 9.17) is 0 Å². The lowest BCUT2D eigenvalue weighted by Gasteiger charge is -2.19. The van der Waals surface area contributed by atoms with E-state index in [2.05, 4.69) is 56.9 Å². The van der Waals surface area contributed by atoms with Crippen molar-refractivity contribution in [2.45, 2.75) is 58.9 Å². The molecular formula is C22H26N2OS. The van der Waals surface area contributed by atoms with E-state index in [0.29, 0.717) is 12.5 Å². The Morgan fingerprint density at radius 3 is 2.65 bits per heavy atom. The second-order valence-corrected chi connectivity index (χ2v) is 9.74. The standard InChI is InChI=1S/C22H26N2OS/c1-14-5-10-17-18(11-14)26-20-19(17)21(25)24(13-23-20)12-15-6-8-16(9-7-15)22(2,3)4/h6-9,13-14H,5,10-12H2,1-4H3. The molecule has 4 heteroatoms. The molecule has 0 amide bonds. The van der Waals surface area contributed by atoms with E-state index in [1.807, 2.05) is 0 Å². The molecule has 1 aromatic carbocycles. The minimum Gasteiger partial charge on any atom is -0.294 e. The van der Waals surface area contributed by atoms with Gasteiger partial charge in [0.25, 0.3) is 5.56 Å². The fourth-order valence-electron chi connectivity index (χ4n) is 3.79. The van der Waals surface area contributed by atoms with Crippen LogP contribution in [0.5, 0.6) is 0 Å². The van der Waals surface area contributed by atoms with Gasteiger partial charge in [0.1, 0.15) is 4.83 Å². The van der Waals surface area contributed by atoms with Crippen molar-refractivity contribution in [3.05, 3.63) is 62.5 Å². The third-order valence-corrected chi connectivity index (χ3v) is 6.62. The number of fused-ring (bicyclic) bond motifs is 3. The summed E-state index contributed by atoms with van der Waals surface area (Å²) in [6, 6.07) is 8.59. The molecule has 0 fully saturated rings. The van der Waals surface area contributed by atoms with E-state index in [0.717, 1.165) is 28.6 Å². The Morgan fingerprint density at radius 1 is 1.23 bits per heavy atom. The molecule has 3 nitrogen and oxygen atoms in total. The van der Waals surface area contributed by atoms with Crippen molar-refractivity contribution in [2.24, 2.45) is 5.92 Å². The van der Waals surface area contributed by atoms with Crippen LogP contribution in [0, 0.1) is 5.92 Å². The summed E-state index contributed by atoms with van der Waals surface area (Å²) in [6.07, 6.45) is 4.98. The molecule has 0 aliphatic heterocycles. The molecule has 0 radical (unpaired) electrons. The first-order valence-electron chi connectivity index (χ1n) is 9.42. The van der Waals surface area contributed by atoms with Crippen molar-refractivity contribution >= 4 is 21.6 Å². The highest BCUT2D eigenvalue weighted by molar-refractivity contribution is 7.18. The molecule has 0 saturated carbocycles. The average molecular weight is 367 g/mol. The third kappa shape index (κ3) is 3.11. The number of benzene rings is 1. The van der Waals surface area contributed by atoms with Gasteiger partial charge in [0.2, 0.25) is 0 Å². The van der Waals surface area contributed by atoms with Crippen molar-refractivity contribution in [3.8, 4) is 0 Å². The van der Waals surface area contributed by atoms with E-state index in [1.165, 1.54) is 22.4 Å². The maximum absolute atomic E-state index is 13.1. The van der Waals surface area contributed by atoms with Gasteiger partial charge in [-0.15, -0.1) is 11.3 Å². The Kier molecular flexibility index (Phi) is 4.26. The van der Waals surface area contributed by atoms with Crippen molar-refractivity contribution in [3.63, 3.8) is 0 Å². The van der Waals surface area contributed by atoms with Gasteiger partial charge in [0.05, 0.1) is 18.3 Å². The van der Waals surface area contributed by atoms with Gasteiger partial charge < -0.3 is 0 Å². The van der Waals surface area contributed by atoms with E-state index in [1.54, 1.807) is 22.2 Å². The van der Waals surface area contributed by atoms with Crippen molar-refractivity contribution in [1.82, 2.24) is 9.55 Å². The Morgan fingerprint density at radius 2 is 1.96 bits per heavy atom. The van der Waals surface area contributed by atoms with E-state index in [9.17, 15) is 4.79 Å². The van der Waals surface area contributed by atoms with Crippen molar-refractivity contribution in [2.75, 3.05) is 0 Å². The summed E-state index contributed by atoms with van der Waals surface area (Å²) in [5, 5.41) is 0.866. The summed E-state index contributed by atoms with van der Waals surface area (Å²) in [5.74, 6) is 0.708. The maximum atomic E-state index is 13.1. The molecule has 1 aliphatic carbocycles. The van der Waals surface area contributed by atoms with Crippen molar-refractivity contribution in [1.29, 1.82) is 0 Å². The van der Waals surface area contributed by atoms with Gasteiger partial charge in [-0.05, 0) is 47.3 Å². The summed E-state index contributed by atoms with van der Waals surface area (Å²) >= 11 is 1.71. The van der Waals surface area contributed by atoms with Gasteiger partial charge in [-0.2, -0.15) is 0 Å². The fraction of sp³-hybridized carbons (Fsp3) is 0.455. The molecule has 4 rings (SSSR count). The first-order valence-corrected chi connectivity index (χ1v) is 10.2. The zero-order valence-corrected chi connectivity index (χ0v) is 16.8. The quantitative estimate of drug-likeness (QED) is 0.645.